The smallest absolute Gasteiger partial charge is 0.339 e. The zero-order valence-corrected chi connectivity index (χ0v) is 18.0. The van der Waals surface area contributed by atoms with Gasteiger partial charge in [0.25, 0.3) is 5.91 Å². The predicted molar refractivity (Wildman–Crippen MR) is 114 cm³/mol. The number of methoxy groups -OCH3 is 1. The van der Waals surface area contributed by atoms with Gasteiger partial charge in [0.1, 0.15) is 0 Å². The Morgan fingerprint density at radius 2 is 1.82 bits per heavy atom. The zero-order chi connectivity index (χ0) is 20.3. The number of nitrogens with zero attached hydrogens (tertiary/aromatic N) is 1. The van der Waals surface area contributed by atoms with Crippen molar-refractivity contribution in [1.29, 1.82) is 0 Å². The SMILES string of the molecule is COC(=O)c1ccc(Br)cc1NC(=O)c1cc(C2CCN(C)CC2)ccc1C. The molecule has 1 fully saturated rings. The average molecular weight is 445 g/mol. The van der Waals surface area contributed by atoms with Crippen molar-refractivity contribution >= 4 is 33.5 Å². The maximum absolute atomic E-state index is 13.0. The van der Waals surface area contributed by atoms with Crippen LogP contribution in [-0.2, 0) is 4.74 Å². The molecule has 6 heteroatoms. The number of benzene rings is 2. The van der Waals surface area contributed by atoms with Crippen LogP contribution in [0.2, 0.25) is 0 Å². The fourth-order valence-electron chi connectivity index (χ4n) is 3.58. The number of hydrogen-bond donors (Lipinski definition) is 1. The number of nitrogens with one attached hydrogen (secondary N) is 1. The zero-order valence-electron chi connectivity index (χ0n) is 16.4. The highest BCUT2D eigenvalue weighted by atomic mass is 79.9. The first-order valence-electron chi connectivity index (χ1n) is 9.37. The molecule has 0 aliphatic carbocycles. The van der Waals surface area contributed by atoms with Crippen molar-refractivity contribution in [3.8, 4) is 0 Å². The molecule has 0 saturated carbocycles. The lowest BCUT2D eigenvalue weighted by Gasteiger charge is -2.29. The van der Waals surface area contributed by atoms with Crippen LogP contribution < -0.4 is 5.32 Å². The fraction of sp³-hybridized carbons (Fsp3) is 0.364. The molecule has 0 unspecified atom stereocenters. The summed E-state index contributed by atoms with van der Waals surface area (Å²) in [6.07, 6.45) is 2.19. The Morgan fingerprint density at radius 1 is 1.11 bits per heavy atom. The van der Waals surface area contributed by atoms with Crippen LogP contribution in [0.25, 0.3) is 0 Å². The van der Waals surface area contributed by atoms with Gasteiger partial charge in [0.2, 0.25) is 0 Å². The molecule has 0 radical (unpaired) electrons. The third kappa shape index (κ3) is 4.62. The van der Waals surface area contributed by atoms with E-state index in [-0.39, 0.29) is 5.91 Å². The van der Waals surface area contributed by atoms with Gasteiger partial charge < -0.3 is 15.0 Å². The second-order valence-electron chi connectivity index (χ2n) is 7.29. The molecule has 1 amide bonds. The van der Waals surface area contributed by atoms with Gasteiger partial charge in [0.15, 0.2) is 0 Å². The van der Waals surface area contributed by atoms with Crippen molar-refractivity contribution in [2.75, 3.05) is 32.6 Å². The number of piperidine rings is 1. The van der Waals surface area contributed by atoms with Crippen molar-refractivity contribution in [3.05, 3.63) is 63.1 Å². The molecule has 2 aromatic rings. The summed E-state index contributed by atoms with van der Waals surface area (Å²) in [5, 5.41) is 2.88. The minimum Gasteiger partial charge on any atom is -0.465 e. The molecule has 0 atom stereocenters. The minimum atomic E-state index is -0.486. The minimum absolute atomic E-state index is 0.226. The number of amides is 1. The molecule has 1 saturated heterocycles. The van der Waals surface area contributed by atoms with E-state index in [1.165, 1.54) is 12.7 Å². The van der Waals surface area contributed by atoms with Crippen LogP contribution in [0.5, 0.6) is 0 Å². The number of esters is 1. The van der Waals surface area contributed by atoms with E-state index in [2.05, 4.69) is 39.3 Å². The van der Waals surface area contributed by atoms with E-state index in [0.29, 0.717) is 22.7 Å². The average Bonchev–Trinajstić information content (AvgIpc) is 2.68. The molecule has 1 N–H and O–H groups in total. The number of likely N-dealkylation sites (tertiary alicyclic amines) is 1. The molecule has 2 aromatic carbocycles. The van der Waals surface area contributed by atoms with Crippen molar-refractivity contribution in [2.45, 2.75) is 25.7 Å². The second-order valence-corrected chi connectivity index (χ2v) is 8.20. The quantitative estimate of drug-likeness (QED) is 0.699. The van der Waals surface area contributed by atoms with Gasteiger partial charge in [-0.25, -0.2) is 4.79 Å². The number of hydrogen-bond acceptors (Lipinski definition) is 4. The summed E-state index contributed by atoms with van der Waals surface area (Å²) >= 11 is 3.39. The van der Waals surface area contributed by atoms with Gasteiger partial charge in [0, 0.05) is 10.0 Å². The summed E-state index contributed by atoms with van der Waals surface area (Å²) in [4.78, 5) is 27.4. The first kappa shape index (κ1) is 20.6. The summed E-state index contributed by atoms with van der Waals surface area (Å²) in [6.45, 7) is 4.07. The van der Waals surface area contributed by atoms with Gasteiger partial charge in [-0.1, -0.05) is 28.1 Å². The standard InChI is InChI=1S/C22H25BrN2O3/c1-14-4-5-16(15-8-10-25(2)11-9-15)12-19(14)21(26)24-20-13-17(23)6-7-18(20)22(27)28-3/h4-7,12-13,15H,8-11H2,1-3H3,(H,24,26). The highest BCUT2D eigenvalue weighted by molar-refractivity contribution is 9.10. The molecular formula is C22H25BrN2O3. The maximum Gasteiger partial charge on any atom is 0.339 e. The van der Waals surface area contributed by atoms with Gasteiger partial charge in [-0.15, -0.1) is 0 Å². The summed E-state index contributed by atoms with van der Waals surface area (Å²) in [7, 11) is 3.46. The molecule has 0 aromatic heterocycles. The molecule has 1 aliphatic rings. The van der Waals surface area contributed by atoms with Gasteiger partial charge in [-0.2, -0.15) is 0 Å². The van der Waals surface area contributed by atoms with Crippen LogP contribution in [0.3, 0.4) is 0 Å². The Bertz CT molecular complexity index is 889. The molecule has 0 spiro atoms. The van der Waals surface area contributed by atoms with Gasteiger partial charge in [-0.05, 0) is 81.2 Å². The van der Waals surface area contributed by atoms with E-state index < -0.39 is 5.97 Å². The van der Waals surface area contributed by atoms with E-state index in [0.717, 1.165) is 36.0 Å². The van der Waals surface area contributed by atoms with E-state index in [1.54, 1.807) is 18.2 Å². The fourth-order valence-corrected chi connectivity index (χ4v) is 3.94. The van der Waals surface area contributed by atoms with E-state index in [9.17, 15) is 9.59 Å². The summed E-state index contributed by atoms with van der Waals surface area (Å²) in [6, 6.07) is 11.2. The Labute approximate surface area is 174 Å². The molecule has 28 heavy (non-hydrogen) atoms. The lowest BCUT2D eigenvalue weighted by molar-refractivity contribution is 0.0602. The molecule has 0 bridgehead atoms. The third-order valence-electron chi connectivity index (χ3n) is 5.33. The first-order chi connectivity index (χ1) is 13.4. The van der Waals surface area contributed by atoms with Crippen molar-refractivity contribution in [1.82, 2.24) is 4.90 Å². The maximum atomic E-state index is 13.0. The Hall–Kier alpha value is -2.18. The van der Waals surface area contributed by atoms with Crippen LogP contribution in [0, 0.1) is 6.92 Å². The molecule has 148 valence electrons. The molecular weight excluding hydrogens is 420 g/mol. The Balaban J connectivity index is 1.86. The van der Waals surface area contributed by atoms with Gasteiger partial charge >= 0.3 is 5.97 Å². The second kappa shape index (κ2) is 8.88. The number of ether oxygens (including phenoxy) is 1. The van der Waals surface area contributed by atoms with E-state index >= 15 is 0 Å². The number of aryl methyl sites for hydroxylation is 1. The Kier molecular flexibility index (Phi) is 6.52. The van der Waals surface area contributed by atoms with Crippen molar-refractivity contribution in [3.63, 3.8) is 0 Å². The number of carbonyl (C=O) groups excluding carboxylic acids is 2. The summed E-state index contributed by atoms with van der Waals surface area (Å²) < 4.78 is 5.60. The van der Waals surface area contributed by atoms with Gasteiger partial charge in [-0.3, -0.25) is 4.79 Å². The van der Waals surface area contributed by atoms with Crippen molar-refractivity contribution in [2.24, 2.45) is 0 Å². The monoisotopic (exact) mass is 444 g/mol. The highest BCUT2D eigenvalue weighted by Gasteiger charge is 2.21. The number of halogens is 1. The molecule has 3 rings (SSSR count). The lowest BCUT2D eigenvalue weighted by atomic mass is 9.87. The number of rotatable bonds is 4. The third-order valence-corrected chi connectivity index (χ3v) is 5.82. The van der Waals surface area contributed by atoms with E-state index in [1.807, 2.05) is 19.1 Å². The number of anilines is 1. The van der Waals surface area contributed by atoms with Gasteiger partial charge in [0.05, 0.1) is 18.4 Å². The van der Waals surface area contributed by atoms with Crippen LogP contribution in [-0.4, -0.2) is 44.0 Å². The largest absolute Gasteiger partial charge is 0.465 e. The van der Waals surface area contributed by atoms with E-state index in [4.69, 9.17) is 4.74 Å². The van der Waals surface area contributed by atoms with Crippen LogP contribution in [0.1, 0.15) is 50.6 Å². The normalized spacial score (nSPS) is 15.3. The van der Waals surface area contributed by atoms with Crippen LogP contribution in [0.15, 0.2) is 40.9 Å². The predicted octanol–water partition coefficient (Wildman–Crippen LogP) is 4.61. The molecule has 1 heterocycles. The number of carbonyl (C=O) groups is 2. The molecule has 1 aliphatic heterocycles. The summed E-state index contributed by atoms with van der Waals surface area (Å²) in [5.74, 6) is -0.241. The van der Waals surface area contributed by atoms with Crippen LogP contribution in [0.4, 0.5) is 5.69 Å². The molecule has 5 nitrogen and oxygen atoms in total. The topological polar surface area (TPSA) is 58.6 Å². The highest BCUT2D eigenvalue weighted by Crippen LogP contribution is 2.29. The lowest BCUT2D eigenvalue weighted by Crippen LogP contribution is -2.29. The first-order valence-corrected chi connectivity index (χ1v) is 10.2. The summed E-state index contributed by atoms with van der Waals surface area (Å²) in [5.41, 5.74) is 3.49. The van der Waals surface area contributed by atoms with Crippen LogP contribution >= 0.6 is 15.9 Å². The van der Waals surface area contributed by atoms with Crippen molar-refractivity contribution < 1.29 is 14.3 Å². The Morgan fingerprint density at radius 3 is 2.50 bits per heavy atom.